The molecule has 6 heteroatoms. The monoisotopic (exact) mass is 347 g/mol. The molecule has 0 aliphatic heterocycles. The number of hydrogen-bond donors (Lipinski definition) is 2. The van der Waals surface area contributed by atoms with E-state index in [9.17, 15) is 4.79 Å². The van der Waals surface area contributed by atoms with Gasteiger partial charge in [-0.1, -0.05) is 31.5 Å². The Labute approximate surface area is 147 Å². The summed E-state index contributed by atoms with van der Waals surface area (Å²) in [5, 5.41) is 8.62. The van der Waals surface area contributed by atoms with Crippen LogP contribution in [0.15, 0.2) is 29.6 Å². The minimum atomic E-state index is -0.141. The molecule has 2 N–H and O–H groups in total. The molecule has 5 nitrogen and oxygen atoms in total. The van der Waals surface area contributed by atoms with Crippen LogP contribution in [0, 0.1) is 6.92 Å². The third kappa shape index (κ3) is 5.94. The largest absolute Gasteiger partial charge is 0.381 e. The number of benzene rings is 1. The van der Waals surface area contributed by atoms with Gasteiger partial charge in [0.1, 0.15) is 5.69 Å². The molecule has 2 aromatic rings. The second kappa shape index (κ2) is 10.1. The van der Waals surface area contributed by atoms with Crippen LogP contribution < -0.4 is 10.6 Å². The van der Waals surface area contributed by atoms with E-state index < -0.39 is 0 Å². The van der Waals surface area contributed by atoms with Crippen LogP contribution >= 0.6 is 11.3 Å². The summed E-state index contributed by atoms with van der Waals surface area (Å²) in [6, 6.07) is 7.99. The van der Waals surface area contributed by atoms with Crippen LogP contribution in [0.4, 0.5) is 10.8 Å². The van der Waals surface area contributed by atoms with E-state index in [4.69, 9.17) is 4.74 Å². The van der Waals surface area contributed by atoms with Gasteiger partial charge in [0.25, 0.3) is 5.91 Å². The summed E-state index contributed by atoms with van der Waals surface area (Å²) >= 11 is 1.43. The highest BCUT2D eigenvalue weighted by molar-refractivity contribution is 7.14. The van der Waals surface area contributed by atoms with Crippen molar-refractivity contribution in [3.05, 3.63) is 40.9 Å². The van der Waals surface area contributed by atoms with Gasteiger partial charge in [0, 0.05) is 30.8 Å². The maximum atomic E-state index is 12.1. The van der Waals surface area contributed by atoms with Crippen molar-refractivity contribution in [3.8, 4) is 0 Å². The molecule has 0 spiro atoms. The molecule has 0 bridgehead atoms. The predicted octanol–water partition coefficient (Wildman–Crippen LogP) is 4.13. The Morgan fingerprint density at radius 2 is 2.04 bits per heavy atom. The molecule has 1 heterocycles. The van der Waals surface area contributed by atoms with Crippen LogP contribution in [0.25, 0.3) is 0 Å². The number of nitrogens with zero attached hydrogens (tertiary/aromatic N) is 1. The smallest absolute Gasteiger partial charge is 0.270 e. The van der Waals surface area contributed by atoms with E-state index in [0.29, 0.717) is 18.8 Å². The van der Waals surface area contributed by atoms with Gasteiger partial charge >= 0.3 is 0 Å². The zero-order valence-electron chi connectivity index (χ0n) is 14.3. The van der Waals surface area contributed by atoms with Gasteiger partial charge in [-0.25, -0.2) is 4.98 Å². The van der Waals surface area contributed by atoms with Gasteiger partial charge in [-0.3, -0.25) is 4.79 Å². The number of hydrogen-bond acceptors (Lipinski definition) is 5. The average molecular weight is 347 g/mol. The van der Waals surface area contributed by atoms with Crippen LogP contribution in [0.2, 0.25) is 0 Å². The lowest BCUT2D eigenvalue weighted by molar-refractivity contribution is 0.0936. The molecule has 1 aromatic heterocycles. The molecule has 0 aliphatic rings. The van der Waals surface area contributed by atoms with Crippen molar-refractivity contribution in [3.63, 3.8) is 0 Å². The standard InChI is InChI=1S/C18H25N3O2S/c1-3-4-11-23-12-7-10-19-17(22)16-13-24-18(21-16)20-15-9-6-5-8-14(15)2/h5-6,8-9,13H,3-4,7,10-12H2,1-2H3,(H,19,22)(H,20,21). The van der Waals surface area contributed by atoms with Gasteiger partial charge in [-0.15, -0.1) is 11.3 Å². The molecule has 1 amide bonds. The summed E-state index contributed by atoms with van der Waals surface area (Å²) < 4.78 is 5.47. The normalized spacial score (nSPS) is 10.6. The van der Waals surface area contributed by atoms with Gasteiger partial charge in [-0.05, 0) is 31.4 Å². The summed E-state index contributed by atoms with van der Waals surface area (Å²) in [5.41, 5.74) is 2.59. The molecule has 0 saturated carbocycles. The number of aryl methyl sites for hydroxylation is 1. The number of rotatable bonds is 10. The van der Waals surface area contributed by atoms with Crippen LogP contribution in [-0.2, 0) is 4.74 Å². The van der Waals surface area contributed by atoms with Crippen molar-refractivity contribution in [1.82, 2.24) is 10.3 Å². The lowest BCUT2D eigenvalue weighted by Gasteiger charge is -2.06. The maximum absolute atomic E-state index is 12.1. The fraction of sp³-hybridized carbons (Fsp3) is 0.444. The molecule has 24 heavy (non-hydrogen) atoms. The number of carbonyl (C=O) groups excluding carboxylic acids is 1. The zero-order chi connectivity index (χ0) is 17.2. The topological polar surface area (TPSA) is 63.2 Å². The molecular weight excluding hydrogens is 322 g/mol. The Hall–Kier alpha value is -1.92. The van der Waals surface area contributed by atoms with Gasteiger partial charge in [0.05, 0.1) is 0 Å². The van der Waals surface area contributed by atoms with Crippen molar-refractivity contribution in [2.45, 2.75) is 33.1 Å². The van der Waals surface area contributed by atoms with Crippen LogP contribution in [0.3, 0.4) is 0 Å². The third-order valence-electron chi connectivity index (χ3n) is 3.52. The molecular formula is C18H25N3O2S. The van der Waals surface area contributed by atoms with Crippen molar-refractivity contribution in [2.24, 2.45) is 0 Å². The molecule has 0 fully saturated rings. The van der Waals surface area contributed by atoms with E-state index in [1.165, 1.54) is 11.3 Å². The molecule has 0 atom stereocenters. The predicted molar refractivity (Wildman–Crippen MR) is 99.3 cm³/mol. The zero-order valence-corrected chi connectivity index (χ0v) is 15.1. The molecule has 130 valence electrons. The number of aromatic nitrogens is 1. The fourth-order valence-electron chi connectivity index (χ4n) is 2.08. The molecule has 0 unspecified atom stereocenters. The van der Waals surface area contributed by atoms with Crippen molar-refractivity contribution < 1.29 is 9.53 Å². The highest BCUT2D eigenvalue weighted by Gasteiger charge is 2.10. The average Bonchev–Trinajstić information content (AvgIpc) is 3.05. The first kappa shape index (κ1) is 18.4. The Morgan fingerprint density at radius 1 is 1.25 bits per heavy atom. The van der Waals surface area contributed by atoms with E-state index in [-0.39, 0.29) is 5.91 Å². The summed E-state index contributed by atoms with van der Waals surface area (Å²) in [7, 11) is 0. The third-order valence-corrected chi connectivity index (χ3v) is 4.27. The number of nitrogens with one attached hydrogen (secondary N) is 2. The molecule has 1 aromatic carbocycles. The van der Waals surface area contributed by atoms with E-state index in [0.717, 1.165) is 42.3 Å². The number of anilines is 2. The Balaban J connectivity index is 1.74. The quantitative estimate of drug-likeness (QED) is 0.634. The molecule has 0 aliphatic carbocycles. The lowest BCUT2D eigenvalue weighted by Crippen LogP contribution is -2.25. The van der Waals surface area contributed by atoms with Crippen molar-refractivity contribution >= 4 is 28.1 Å². The molecule has 0 radical (unpaired) electrons. The van der Waals surface area contributed by atoms with Gasteiger partial charge in [-0.2, -0.15) is 0 Å². The summed E-state index contributed by atoms with van der Waals surface area (Å²) in [6.07, 6.45) is 3.04. The van der Waals surface area contributed by atoms with Gasteiger partial charge in [0.15, 0.2) is 5.13 Å². The number of ether oxygens (including phenoxy) is 1. The van der Waals surface area contributed by atoms with E-state index in [2.05, 4.69) is 22.5 Å². The van der Waals surface area contributed by atoms with E-state index in [1.54, 1.807) is 5.38 Å². The van der Waals surface area contributed by atoms with E-state index in [1.807, 2.05) is 31.2 Å². The van der Waals surface area contributed by atoms with Crippen LogP contribution in [-0.4, -0.2) is 30.6 Å². The van der Waals surface area contributed by atoms with Crippen LogP contribution in [0.5, 0.6) is 0 Å². The number of thiazole rings is 1. The minimum absolute atomic E-state index is 0.141. The highest BCUT2D eigenvalue weighted by atomic mass is 32.1. The number of amides is 1. The first-order valence-electron chi connectivity index (χ1n) is 8.35. The maximum Gasteiger partial charge on any atom is 0.270 e. The summed E-state index contributed by atoms with van der Waals surface area (Å²) in [6.45, 7) is 6.25. The lowest BCUT2D eigenvalue weighted by atomic mass is 10.2. The van der Waals surface area contributed by atoms with Gasteiger partial charge in [0.2, 0.25) is 0 Å². The minimum Gasteiger partial charge on any atom is -0.381 e. The first-order chi connectivity index (χ1) is 11.7. The number of para-hydroxylation sites is 1. The van der Waals surface area contributed by atoms with Crippen LogP contribution in [0.1, 0.15) is 42.2 Å². The first-order valence-corrected chi connectivity index (χ1v) is 9.22. The van der Waals surface area contributed by atoms with Crippen molar-refractivity contribution in [2.75, 3.05) is 25.1 Å². The van der Waals surface area contributed by atoms with Gasteiger partial charge < -0.3 is 15.4 Å². The Bertz CT molecular complexity index is 643. The number of unbranched alkanes of at least 4 members (excludes halogenated alkanes) is 1. The number of carbonyl (C=O) groups is 1. The van der Waals surface area contributed by atoms with Crippen molar-refractivity contribution in [1.29, 1.82) is 0 Å². The fourth-order valence-corrected chi connectivity index (χ4v) is 2.78. The Morgan fingerprint density at radius 3 is 2.83 bits per heavy atom. The summed E-state index contributed by atoms with van der Waals surface area (Å²) in [4.78, 5) is 16.4. The molecule has 0 saturated heterocycles. The Kier molecular flexibility index (Phi) is 7.71. The SMILES string of the molecule is CCCCOCCCNC(=O)c1csc(Nc2ccccc2C)n1. The molecule has 2 rings (SSSR count). The highest BCUT2D eigenvalue weighted by Crippen LogP contribution is 2.23. The summed E-state index contributed by atoms with van der Waals surface area (Å²) in [5.74, 6) is -0.141. The van der Waals surface area contributed by atoms with E-state index >= 15 is 0 Å². The second-order valence-electron chi connectivity index (χ2n) is 5.55. The second-order valence-corrected chi connectivity index (χ2v) is 6.41.